The van der Waals surface area contributed by atoms with Crippen LogP contribution in [-0.2, 0) is 7.05 Å². The molecule has 1 fully saturated rings. The second-order valence-corrected chi connectivity index (χ2v) is 6.62. The minimum atomic E-state index is -0.251. The second-order valence-electron chi connectivity index (χ2n) is 6.62. The Hall–Kier alpha value is -3.09. The molecule has 3 heterocycles. The van der Waals surface area contributed by atoms with Gasteiger partial charge < -0.3 is 15.2 Å². The van der Waals surface area contributed by atoms with Crippen LogP contribution in [0.2, 0.25) is 0 Å². The Morgan fingerprint density at radius 1 is 1.15 bits per heavy atom. The molecule has 2 N–H and O–H groups in total. The monoisotopic (exact) mass is 351 g/mol. The minimum absolute atomic E-state index is 0.201. The highest BCUT2D eigenvalue weighted by molar-refractivity contribution is 6.05. The van der Waals surface area contributed by atoms with Crippen molar-refractivity contribution >= 4 is 28.4 Å². The summed E-state index contributed by atoms with van der Waals surface area (Å²) in [6, 6.07) is 8.94. The summed E-state index contributed by atoms with van der Waals surface area (Å²) < 4.78 is 1.48. The summed E-state index contributed by atoms with van der Waals surface area (Å²) >= 11 is 0. The molecule has 2 aromatic heterocycles. The summed E-state index contributed by atoms with van der Waals surface area (Å²) in [5, 5.41) is 2.81. The maximum atomic E-state index is 12.5. The van der Waals surface area contributed by atoms with Crippen LogP contribution in [0.3, 0.4) is 0 Å². The van der Waals surface area contributed by atoms with Crippen LogP contribution in [0.25, 0.3) is 11.0 Å². The quantitative estimate of drug-likeness (QED) is 0.759. The van der Waals surface area contributed by atoms with Gasteiger partial charge in [-0.25, -0.2) is 9.78 Å². The topological polar surface area (TPSA) is 83.0 Å². The summed E-state index contributed by atoms with van der Waals surface area (Å²) in [6.07, 6.45) is 5.51. The zero-order valence-corrected chi connectivity index (χ0v) is 14.7. The molecule has 1 saturated heterocycles. The summed E-state index contributed by atoms with van der Waals surface area (Å²) in [5.74, 6) is 0.262. The number of amides is 1. The Morgan fingerprint density at radius 2 is 1.96 bits per heavy atom. The predicted octanol–water partition coefficient (Wildman–Crippen LogP) is 2.50. The van der Waals surface area contributed by atoms with Gasteiger partial charge in [0.15, 0.2) is 0 Å². The lowest BCUT2D eigenvalue weighted by Gasteiger charge is -2.28. The number of anilines is 2. The first-order valence-electron chi connectivity index (χ1n) is 8.83. The van der Waals surface area contributed by atoms with E-state index in [4.69, 9.17) is 0 Å². The number of rotatable bonds is 3. The van der Waals surface area contributed by atoms with E-state index in [0.29, 0.717) is 22.4 Å². The standard InChI is InChI=1S/C19H21N5O2/c1-23-16-11-13(5-7-15(16)21-19(23)26)18(25)22-17-8-6-14(12-20-17)24-9-3-2-4-10-24/h5-8,11-12H,2-4,9-10H2,1H3,(H,21,26)(H,20,22,25). The molecule has 1 aliphatic rings. The molecular weight excluding hydrogens is 330 g/mol. The highest BCUT2D eigenvalue weighted by atomic mass is 16.2. The van der Waals surface area contributed by atoms with E-state index in [1.54, 1.807) is 31.4 Å². The van der Waals surface area contributed by atoms with Gasteiger partial charge in [0.05, 0.1) is 22.9 Å². The molecule has 0 saturated carbocycles. The second kappa shape index (κ2) is 6.67. The Bertz CT molecular complexity index is 997. The number of benzene rings is 1. The number of nitrogens with zero attached hydrogens (tertiary/aromatic N) is 3. The molecule has 0 unspecified atom stereocenters. The van der Waals surface area contributed by atoms with Gasteiger partial charge in [-0.15, -0.1) is 0 Å². The van der Waals surface area contributed by atoms with Crippen molar-refractivity contribution in [3.63, 3.8) is 0 Å². The molecule has 3 aromatic rings. The molecule has 4 rings (SSSR count). The number of piperidine rings is 1. The van der Waals surface area contributed by atoms with Crippen LogP contribution >= 0.6 is 0 Å². The number of hydrogen-bond acceptors (Lipinski definition) is 4. The summed E-state index contributed by atoms with van der Waals surface area (Å²) in [4.78, 5) is 33.6. The van der Waals surface area contributed by atoms with Crippen molar-refractivity contribution in [2.45, 2.75) is 19.3 Å². The molecule has 0 atom stereocenters. The van der Waals surface area contributed by atoms with Crippen LogP contribution in [0.4, 0.5) is 11.5 Å². The Kier molecular flexibility index (Phi) is 4.20. The Morgan fingerprint density at radius 3 is 2.69 bits per heavy atom. The molecule has 0 bridgehead atoms. The lowest BCUT2D eigenvalue weighted by Crippen LogP contribution is -2.29. The molecule has 7 nitrogen and oxygen atoms in total. The van der Waals surface area contributed by atoms with Gasteiger partial charge >= 0.3 is 5.69 Å². The molecule has 1 aliphatic heterocycles. The number of carbonyl (C=O) groups is 1. The molecule has 0 aliphatic carbocycles. The van der Waals surface area contributed by atoms with E-state index in [0.717, 1.165) is 18.8 Å². The third-order valence-corrected chi connectivity index (χ3v) is 4.88. The highest BCUT2D eigenvalue weighted by Gasteiger charge is 2.13. The maximum Gasteiger partial charge on any atom is 0.326 e. The third kappa shape index (κ3) is 3.08. The fourth-order valence-electron chi connectivity index (χ4n) is 3.35. The number of hydrogen-bond donors (Lipinski definition) is 2. The summed E-state index contributed by atoms with van der Waals surface area (Å²) in [5.41, 5.74) is 2.77. The van der Waals surface area contributed by atoms with E-state index in [9.17, 15) is 9.59 Å². The lowest BCUT2D eigenvalue weighted by atomic mass is 10.1. The molecule has 0 radical (unpaired) electrons. The van der Waals surface area contributed by atoms with Gasteiger partial charge in [0.2, 0.25) is 0 Å². The average Bonchev–Trinajstić information content (AvgIpc) is 2.96. The summed E-state index contributed by atoms with van der Waals surface area (Å²) in [6.45, 7) is 2.12. The van der Waals surface area contributed by atoms with E-state index in [2.05, 4.69) is 20.2 Å². The lowest BCUT2D eigenvalue weighted by molar-refractivity contribution is 0.102. The molecule has 1 aromatic carbocycles. The zero-order valence-electron chi connectivity index (χ0n) is 14.7. The van der Waals surface area contributed by atoms with Crippen LogP contribution in [-0.4, -0.2) is 33.5 Å². The number of H-pyrrole nitrogens is 1. The van der Waals surface area contributed by atoms with Crippen molar-refractivity contribution in [3.05, 3.63) is 52.6 Å². The largest absolute Gasteiger partial charge is 0.370 e. The SMILES string of the molecule is Cn1c(=O)[nH]c2ccc(C(=O)Nc3ccc(N4CCCCC4)cn3)cc21. The number of pyridine rings is 1. The van der Waals surface area contributed by atoms with Gasteiger partial charge in [0, 0.05) is 25.7 Å². The van der Waals surface area contributed by atoms with Gasteiger partial charge in [-0.05, 0) is 49.6 Å². The van der Waals surface area contributed by atoms with E-state index >= 15 is 0 Å². The number of imidazole rings is 1. The number of fused-ring (bicyclic) bond motifs is 1. The molecule has 26 heavy (non-hydrogen) atoms. The van der Waals surface area contributed by atoms with E-state index in [1.807, 2.05) is 12.1 Å². The van der Waals surface area contributed by atoms with E-state index in [-0.39, 0.29) is 11.6 Å². The van der Waals surface area contributed by atoms with Gasteiger partial charge in [0.25, 0.3) is 5.91 Å². The number of aromatic amines is 1. The van der Waals surface area contributed by atoms with E-state index < -0.39 is 0 Å². The number of carbonyl (C=O) groups excluding carboxylic acids is 1. The fraction of sp³-hybridized carbons (Fsp3) is 0.316. The van der Waals surface area contributed by atoms with Crippen LogP contribution < -0.4 is 15.9 Å². The third-order valence-electron chi connectivity index (χ3n) is 4.88. The zero-order chi connectivity index (χ0) is 18.1. The van der Waals surface area contributed by atoms with Gasteiger partial charge in [0.1, 0.15) is 5.82 Å². The van der Waals surface area contributed by atoms with Crippen LogP contribution in [0.15, 0.2) is 41.3 Å². The normalized spacial score (nSPS) is 14.6. The molecule has 134 valence electrons. The van der Waals surface area contributed by atoms with Crippen LogP contribution in [0.1, 0.15) is 29.6 Å². The van der Waals surface area contributed by atoms with Crippen molar-refractivity contribution in [2.24, 2.45) is 7.05 Å². The predicted molar refractivity (Wildman–Crippen MR) is 102 cm³/mol. The molecule has 7 heteroatoms. The average molecular weight is 351 g/mol. The van der Waals surface area contributed by atoms with Gasteiger partial charge in [-0.2, -0.15) is 0 Å². The molecule has 1 amide bonds. The van der Waals surface area contributed by atoms with Gasteiger partial charge in [-0.3, -0.25) is 9.36 Å². The van der Waals surface area contributed by atoms with Crippen molar-refractivity contribution in [1.29, 1.82) is 0 Å². The van der Waals surface area contributed by atoms with Crippen LogP contribution in [0, 0.1) is 0 Å². The minimum Gasteiger partial charge on any atom is -0.370 e. The van der Waals surface area contributed by atoms with E-state index in [1.165, 1.54) is 23.8 Å². The Labute approximate surface area is 150 Å². The fourth-order valence-corrected chi connectivity index (χ4v) is 3.35. The van der Waals surface area contributed by atoms with Crippen molar-refractivity contribution in [2.75, 3.05) is 23.3 Å². The first-order chi connectivity index (χ1) is 12.6. The maximum absolute atomic E-state index is 12.5. The first kappa shape index (κ1) is 16.4. The number of aromatic nitrogens is 3. The molecular formula is C19H21N5O2. The van der Waals surface area contributed by atoms with Crippen LogP contribution in [0.5, 0.6) is 0 Å². The van der Waals surface area contributed by atoms with Crippen molar-refractivity contribution < 1.29 is 4.79 Å². The van der Waals surface area contributed by atoms with Crippen molar-refractivity contribution in [1.82, 2.24) is 14.5 Å². The smallest absolute Gasteiger partial charge is 0.326 e. The molecule has 0 spiro atoms. The van der Waals surface area contributed by atoms with Crippen molar-refractivity contribution in [3.8, 4) is 0 Å². The number of nitrogens with one attached hydrogen (secondary N) is 2. The van der Waals surface area contributed by atoms with Gasteiger partial charge in [-0.1, -0.05) is 0 Å². The highest BCUT2D eigenvalue weighted by Crippen LogP contribution is 2.20. The Balaban J connectivity index is 1.50. The number of aryl methyl sites for hydroxylation is 1. The first-order valence-corrected chi connectivity index (χ1v) is 8.83. The summed E-state index contributed by atoms with van der Waals surface area (Å²) in [7, 11) is 1.67.